The van der Waals surface area contributed by atoms with Gasteiger partial charge in [-0.05, 0) is 47.1 Å². The second kappa shape index (κ2) is 11.7. The Balaban J connectivity index is 1.54. The molecule has 33 heavy (non-hydrogen) atoms. The van der Waals surface area contributed by atoms with E-state index in [1.165, 1.54) is 11.8 Å². The minimum absolute atomic E-state index is 0.0102. The van der Waals surface area contributed by atoms with Crippen LogP contribution in [0.15, 0.2) is 48.5 Å². The van der Waals surface area contributed by atoms with Crippen LogP contribution in [-0.2, 0) is 14.3 Å². The highest BCUT2D eigenvalue weighted by Gasteiger charge is 2.29. The van der Waals surface area contributed by atoms with E-state index in [-0.39, 0.29) is 18.9 Å². The summed E-state index contributed by atoms with van der Waals surface area (Å²) in [5.74, 6) is -0.879. The number of rotatable bonds is 11. The zero-order chi connectivity index (χ0) is 23.8. The summed E-state index contributed by atoms with van der Waals surface area (Å²) >= 11 is 1.52. The summed E-state index contributed by atoms with van der Waals surface area (Å²) in [7, 11) is 0. The van der Waals surface area contributed by atoms with Crippen LogP contribution in [0.2, 0.25) is 0 Å². The number of alkyl carbamates (subject to hydrolysis) is 1. The zero-order valence-electron chi connectivity index (χ0n) is 18.9. The number of carbonyl (C=O) groups excluding carboxylic acids is 2. The van der Waals surface area contributed by atoms with E-state index in [0.29, 0.717) is 18.6 Å². The Hall–Kier alpha value is -3.00. The summed E-state index contributed by atoms with van der Waals surface area (Å²) in [6.45, 7) is 2.04. The molecule has 1 unspecified atom stereocenters. The molecule has 1 aliphatic carbocycles. The molecule has 2 atom stereocenters. The molecule has 1 aliphatic rings. The van der Waals surface area contributed by atoms with Crippen LogP contribution in [0, 0.1) is 0 Å². The number of ether oxygens (including phenoxy) is 1. The first kappa shape index (κ1) is 24.6. The predicted molar refractivity (Wildman–Crippen MR) is 129 cm³/mol. The van der Waals surface area contributed by atoms with E-state index in [2.05, 4.69) is 34.9 Å². The van der Waals surface area contributed by atoms with E-state index in [4.69, 9.17) is 4.74 Å². The van der Waals surface area contributed by atoms with Gasteiger partial charge in [0.25, 0.3) is 0 Å². The predicted octanol–water partition coefficient (Wildman–Crippen LogP) is 4.02. The number of hydrogen-bond acceptors (Lipinski definition) is 5. The van der Waals surface area contributed by atoms with Crippen LogP contribution < -0.4 is 10.6 Å². The van der Waals surface area contributed by atoms with Crippen molar-refractivity contribution in [1.29, 1.82) is 0 Å². The highest BCUT2D eigenvalue weighted by molar-refractivity contribution is 7.98. The Morgan fingerprint density at radius 3 is 2.18 bits per heavy atom. The van der Waals surface area contributed by atoms with Crippen LogP contribution in [0.25, 0.3) is 11.1 Å². The van der Waals surface area contributed by atoms with Crippen molar-refractivity contribution in [3.05, 3.63) is 59.7 Å². The SMILES string of the molecule is CCC(CC(=O)N[C@H](CCSC)C(=O)O)NC(=O)OCC1c2ccccc2-c2ccccc21. The average molecular weight is 471 g/mol. The van der Waals surface area contributed by atoms with Crippen molar-refractivity contribution in [2.24, 2.45) is 0 Å². The Bertz CT molecular complexity index is 951. The first-order chi connectivity index (χ1) is 15.9. The monoisotopic (exact) mass is 470 g/mol. The lowest BCUT2D eigenvalue weighted by molar-refractivity contribution is -0.141. The maximum atomic E-state index is 12.5. The van der Waals surface area contributed by atoms with Gasteiger partial charge < -0.3 is 20.5 Å². The van der Waals surface area contributed by atoms with Gasteiger partial charge in [0, 0.05) is 18.4 Å². The molecule has 0 radical (unpaired) electrons. The third-order valence-corrected chi connectivity index (χ3v) is 6.48. The number of aliphatic carboxylic acids is 1. The quantitative estimate of drug-likeness (QED) is 0.458. The van der Waals surface area contributed by atoms with E-state index in [0.717, 1.165) is 22.3 Å². The van der Waals surface area contributed by atoms with Gasteiger partial charge in [-0.2, -0.15) is 11.8 Å². The van der Waals surface area contributed by atoms with Crippen molar-refractivity contribution in [1.82, 2.24) is 10.6 Å². The lowest BCUT2D eigenvalue weighted by Gasteiger charge is -2.20. The van der Waals surface area contributed by atoms with Gasteiger partial charge in [0.2, 0.25) is 5.91 Å². The zero-order valence-corrected chi connectivity index (χ0v) is 19.7. The minimum Gasteiger partial charge on any atom is -0.480 e. The van der Waals surface area contributed by atoms with Crippen LogP contribution in [0.5, 0.6) is 0 Å². The van der Waals surface area contributed by atoms with Crippen LogP contribution in [-0.4, -0.2) is 53.8 Å². The number of nitrogens with one attached hydrogen (secondary N) is 2. The van der Waals surface area contributed by atoms with Gasteiger partial charge in [0.05, 0.1) is 0 Å². The van der Waals surface area contributed by atoms with Crippen LogP contribution in [0.3, 0.4) is 0 Å². The fraction of sp³-hybridized carbons (Fsp3) is 0.400. The van der Waals surface area contributed by atoms with Gasteiger partial charge in [-0.1, -0.05) is 55.5 Å². The molecule has 176 valence electrons. The number of benzene rings is 2. The minimum atomic E-state index is -1.06. The molecular formula is C25H30N2O5S. The van der Waals surface area contributed by atoms with Gasteiger partial charge in [0.15, 0.2) is 0 Å². The lowest BCUT2D eigenvalue weighted by Crippen LogP contribution is -2.45. The van der Waals surface area contributed by atoms with E-state index in [1.807, 2.05) is 37.4 Å². The molecule has 0 saturated heterocycles. The number of thioether (sulfide) groups is 1. The van der Waals surface area contributed by atoms with Gasteiger partial charge in [0.1, 0.15) is 12.6 Å². The summed E-state index contributed by atoms with van der Waals surface area (Å²) in [6, 6.07) is 14.8. The van der Waals surface area contributed by atoms with Crippen molar-refractivity contribution in [3.8, 4) is 11.1 Å². The molecule has 2 aromatic rings. The number of fused-ring (bicyclic) bond motifs is 3. The fourth-order valence-corrected chi connectivity index (χ4v) is 4.55. The normalized spacial score (nSPS) is 14.0. The molecular weight excluding hydrogens is 440 g/mol. The molecule has 0 spiro atoms. The molecule has 0 heterocycles. The van der Waals surface area contributed by atoms with Crippen molar-refractivity contribution in [2.45, 2.75) is 44.2 Å². The van der Waals surface area contributed by atoms with Crippen LogP contribution in [0.4, 0.5) is 4.79 Å². The molecule has 3 rings (SSSR count). The Labute approximate surface area is 198 Å². The van der Waals surface area contributed by atoms with E-state index >= 15 is 0 Å². The lowest BCUT2D eigenvalue weighted by atomic mass is 9.98. The topological polar surface area (TPSA) is 105 Å². The molecule has 8 heteroatoms. The highest BCUT2D eigenvalue weighted by Crippen LogP contribution is 2.44. The van der Waals surface area contributed by atoms with Crippen LogP contribution in [0.1, 0.15) is 43.2 Å². The summed E-state index contributed by atoms with van der Waals surface area (Å²) in [5.41, 5.74) is 4.56. The third-order valence-electron chi connectivity index (χ3n) is 5.83. The first-order valence-corrected chi connectivity index (χ1v) is 12.5. The molecule has 2 aromatic carbocycles. The molecule has 7 nitrogen and oxygen atoms in total. The Morgan fingerprint density at radius 1 is 1.03 bits per heavy atom. The van der Waals surface area contributed by atoms with Gasteiger partial charge >= 0.3 is 12.1 Å². The summed E-state index contributed by atoms with van der Waals surface area (Å²) in [4.78, 5) is 36.2. The summed E-state index contributed by atoms with van der Waals surface area (Å²) in [6.07, 6.45) is 2.14. The van der Waals surface area contributed by atoms with Crippen molar-refractivity contribution in [3.63, 3.8) is 0 Å². The average Bonchev–Trinajstić information content (AvgIpc) is 3.13. The maximum Gasteiger partial charge on any atom is 0.407 e. The Morgan fingerprint density at radius 2 is 1.64 bits per heavy atom. The van der Waals surface area contributed by atoms with Crippen LogP contribution >= 0.6 is 11.8 Å². The number of hydrogen-bond donors (Lipinski definition) is 3. The largest absolute Gasteiger partial charge is 0.480 e. The van der Waals surface area contributed by atoms with Gasteiger partial charge in [-0.25, -0.2) is 9.59 Å². The summed E-state index contributed by atoms with van der Waals surface area (Å²) in [5, 5.41) is 14.6. The molecule has 3 N–H and O–H groups in total. The molecule has 0 saturated carbocycles. The maximum absolute atomic E-state index is 12.5. The molecule has 2 amide bonds. The Kier molecular flexibility index (Phi) is 8.77. The van der Waals surface area contributed by atoms with Gasteiger partial charge in [-0.15, -0.1) is 0 Å². The molecule has 0 fully saturated rings. The molecule has 0 bridgehead atoms. The van der Waals surface area contributed by atoms with Crippen molar-refractivity contribution < 1.29 is 24.2 Å². The standard InChI is InChI=1S/C25H30N2O5S/c1-3-16(14-23(28)27-22(24(29)30)12-13-33-2)26-25(31)32-15-21-19-10-6-4-8-17(19)18-9-5-7-11-20(18)21/h4-11,16,21-22H,3,12-15H2,1-2H3,(H,26,31)(H,27,28)(H,29,30)/t16?,22-/m1/s1. The number of carbonyl (C=O) groups is 3. The third kappa shape index (κ3) is 6.28. The number of amides is 2. The number of carboxylic acid groups (broad SMARTS) is 1. The van der Waals surface area contributed by atoms with Crippen molar-refractivity contribution >= 4 is 29.7 Å². The highest BCUT2D eigenvalue weighted by atomic mass is 32.2. The van der Waals surface area contributed by atoms with E-state index < -0.39 is 30.1 Å². The second-order valence-corrected chi connectivity index (χ2v) is 9.00. The summed E-state index contributed by atoms with van der Waals surface area (Å²) < 4.78 is 5.55. The molecule has 0 aromatic heterocycles. The second-order valence-electron chi connectivity index (χ2n) is 8.02. The smallest absolute Gasteiger partial charge is 0.407 e. The van der Waals surface area contributed by atoms with E-state index in [1.54, 1.807) is 0 Å². The molecule has 0 aliphatic heterocycles. The fourth-order valence-electron chi connectivity index (χ4n) is 4.07. The van der Waals surface area contributed by atoms with E-state index in [9.17, 15) is 19.5 Å². The first-order valence-electron chi connectivity index (χ1n) is 11.1. The van der Waals surface area contributed by atoms with Gasteiger partial charge in [-0.3, -0.25) is 4.79 Å². The number of carboxylic acids is 1. The van der Waals surface area contributed by atoms with Crippen molar-refractivity contribution in [2.75, 3.05) is 18.6 Å².